The molecule has 0 aromatic carbocycles. The minimum absolute atomic E-state index is 0.104. The van der Waals surface area contributed by atoms with Gasteiger partial charge in [0.05, 0.1) is 5.69 Å². The van der Waals surface area contributed by atoms with Gasteiger partial charge in [-0.05, 0) is 45.7 Å². The van der Waals surface area contributed by atoms with E-state index in [2.05, 4.69) is 14.9 Å². The van der Waals surface area contributed by atoms with Crippen LogP contribution in [0.1, 0.15) is 68.8 Å². The molecule has 3 heterocycles. The molecule has 1 aromatic heterocycles. The van der Waals surface area contributed by atoms with E-state index in [9.17, 15) is 9.59 Å². The number of hydrogen-bond donors (Lipinski definition) is 1. The number of aromatic nitrogens is 2. The topological polar surface area (TPSA) is 69.3 Å². The van der Waals surface area contributed by atoms with Crippen molar-refractivity contribution in [1.82, 2.24) is 19.8 Å². The second-order valence-corrected chi connectivity index (χ2v) is 7.79. The van der Waals surface area contributed by atoms with Gasteiger partial charge in [-0.15, -0.1) is 0 Å². The summed E-state index contributed by atoms with van der Waals surface area (Å²) in [5.41, 5.74) is 0.723. The van der Waals surface area contributed by atoms with E-state index in [-0.39, 0.29) is 17.4 Å². The van der Waals surface area contributed by atoms with Crippen LogP contribution >= 0.6 is 0 Å². The molecule has 0 bridgehead atoms. The van der Waals surface area contributed by atoms with Crippen LogP contribution < -0.4 is 5.56 Å². The molecule has 2 fully saturated rings. The van der Waals surface area contributed by atoms with E-state index in [0.29, 0.717) is 18.8 Å². The molecule has 1 N–H and O–H groups in total. The fourth-order valence-corrected chi connectivity index (χ4v) is 4.21. The van der Waals surface area contributed by atoms with Crippen molar-refractivity contribution in [2.24, 2.45) is 0 Å². The summed E-state index contributed by atoms with van der Waals surface area (Å²) in [5.74, 6) is 1.07. The smallest absolute Gasteiger partial charge is 0.251 e. The second kappa shape index (κ2) is 9.31. The van der Waals surface area contributed by atoms with Crippen LogP contribution in [0.2, 0.25) is 0 Å². The molecule has 2 aliphatic heterocycles. The molecule has 3 rings (SSSR count). The van der Waals surface area contributed by atoms with Crippen LogP contribution in [0.15, 0.2) is 10.9 Å². The van der Waals surface area contributed by atoms with Crippen LogP contribution in [0.4, 0.5) is 0 Å². The zero-order valence-corrected chi connectivity index (χ0v) is 16.0. The van der Waals surface area contributed by atoms with Crippen LogP contribution in [-0.2, 0) is 4.79 Å². The van der Waals surface area contributed by atoms with E-state index in [0.717, 1.165) is 44.7 Å². The first-order valence-corrected chi connectivity index (χ1v) is 10.2. The molecule has 6 heteroatoms. The lowest BCUT2D eigenvalue weighted by Gasteiger charge is -2.33. The lowest BCUT2D eigenvalue weighted by Crippen LogP contribution is -2.41. The summed E-state index contributed by atoms with van der Waals surface area (Å²) in [6.07, 6.45) is 9.09. The number of H-pyrrole nitrogens is 1. The number of likely N-dealkylation sites (tertiary alicyclic amines) is 2. The number of hydrogen-bond acceptors (Lipinski definition) is 4. The minimum atomic E-state index is -0.104. The largest absolute Gasteiger partial charge is 0.342 e. The van der Waals surface area contributed by atoms with E-state index >= 15 is 0 Å². The van der Waals surface area contributed by atoms with Gasteiger partial charge in [0.15, 0.2) is 0 Å². The maximum atomic E-state index is 12.7. The molecular weight excluding hydrogens is 328 g/mol. The predicted octanol–water partition coefficient (Wildman–Crippen LogP) is 2.44. The second-order valence-electron chi connectivity index (χ2n) is 7.79. The van der Waals surface area contributed by atoms with Crippen molar-refractivity contribution in [1.29, 1.82) is 0 Å². The Bertz CT molecular complexity index is 649. The van der Waals surface area contributed by atoms with Gasteiger partial charge in [0, 0.05) is 38.0 Å². The Morgan fingerprint density at radius 1 is 1.15 bits per heavy atom. The Morgan fingerprint density at radius 3 is 2.62 bits per heavy atom. The highest BCUT2D eigenvalue weighted by molar-refractivity contribution is 5.76. The van der Waals surface area contributed by atoms with E-state index in [1.807, 2.05) is 4.90 Å². The number of nitrogens with zero attached hydrogens (tertiary/aromatic N) is 3. The fourth-order valence-electron chi connectivity index (χ4n) is 4.21. The molecule has 0 saturated carbocycles. The van der Waals surface area contributed by atoms with Crippen LogP contribution in [0.5, 0.6) is 0 Å². The zero-order valence-electron chi connectivity index (χ0n) is 16.0. The summed E-state index contributed by atoms with van der Waals surface area (Å²) >= 11 is 0. The normalized spacial score (nSPS) is 22.7. The first-order chi connectivity index (χ1) is 12.6. The molecule has 26 heavy (non-hydrogen) atoms. The highest BCUT2D eigenvalue weighted by Gasteiger charge is 2.26. The molecule has 2 saturated heterocycles. The van der Waals surface area contributed by atoms with Gasteiger partial charge >= 0.3 is 0 Å². The third-order valence-electron chi connectivity index (χ3n) is 5.66. The number of aromatic amines is 1. The average molecular weight is 361 g/mol. The van der Waals surface area contributed by atoms with Gasteiger partial charge in [0.25, 0.3) is 5.56 Å². The van der Waals surface area contributed by atoms with E-state index in [1.54, 1.807) is 13.0 Å². The van der Waals surface area contributed by atoms with Gasteiger partial charge in [0.2, 0.25) is 5.91 Å². The molecule has 1 aromatic rings. The highest BCUT2D eigenvalue weighted by atomic mass is 16.2. The molecule has 0 spiro atoms. The molecule has 0 aliphatic carbocycles. The quantitative estimate of drug-likeness (QED) is 0.895. The number of carbonyl (C=O) groups is 1. The lowest BCUT2D eigenvalue weighted by molar-refractivity contribution is -0.132. The van der Waals surface area contributed by atoms with Crippen molar-refractivity contribution in [3.63, 3.8) is 0 Å². The van der Waals surface area contributed by atoms with Crippen LogP contribution in [-0.4, -0.2) is 58.4 Å². The Kier molecular flexibility index (Phi) is 6.83. The van der Waals surface area contributed by atoms with Gasteiger partial charge in [-0.25, -0.2) is 4.98 Å². The number of carbonyl (C=O) groups excluding carboxylic acids is 1. The molecule has 0 unspecified atom stereocenters. The molecule has 144 valence electrons. The number of rotatable bonds is 4. The molecular formula is C20H32N4O2. The van der Waals surface area contributed by atoms with E-state index in [1.165, 1.54) is 32.1 Å². The van der Waals surface area contributed by atoms with E-state index < -0.39 is 0 Å². The Labute approximate surface area is 156 Å². The third kappa shape index (κ3) is 5.40. The maximum Gasteiger partial charge on any atom is 0.251 e. The van der Waals surface area contributed by atoms with Crippen molar-refractivity contribution in [3.8, 4) is 0 Å². The summed E-state index contributed by atoms with van der Waals surface area (Å²) in [7, 11) is 0. The Balaban J connectivity index is 1.53. The fraction of sp³-hybridized carbons (Fsp3) is 0.750. The number of amides is 1. The zero-order chi connectivity index (χ0) is 18.4. The molecule has 1 amide bonds. The number of nitrogens with one attached hydrogen (secondary N) is 1. The van der Waals surface area contributed by atoms with Crippen LogP contribution in [0.3, 0.4) is 0 Å². The third-order valence-corrected chi connectivity index (χ3v) is 5.66. The minimum Gasteiger partial charge on any atom is -0.342 e. The van der Waals surface area contributed by atoms with Crippen molar-refractivity contribution in [2.75, 3.05) is 32.7 Å². The number of aryl methyl sites for hydroxylation is 1. The van der Waals surface area contributed by atoms with Crippen molar-refractivity contribution >= 4 is 5.91 Å². The summed E-state index contributed by atoms with van der Waals surface area (Å²) in [6, 6.07) is 1.59. The van der Waals surface area contributed by atoms with E-state index in [4.69, 9.17) is 0 Å². The summed E-state index contributed by atoms with van der Waals surface area (Å²) < 4.78 is 0. The van der Waals surface area contributed by atoms with Gasteiger partial charge in [-0.2, -0.15) is 0 Å². The Morgan fingerprint density at radius 2 is 1.88 bits per heavy atom. The van der Waals surface area contributed by atoms with Gasteiger partial charge in [-0.1, -0.05) is 19.3 Å². The monoisotopic (exact) mass is 360 g/mol. The lowest BCUT2D eigenvalue weighted by atomic mass is 9.94. The molecule has 0 radical (unpaired) electrons. The highest BCUT2D eigenvalue weighted by Crippen LogP contribution is 2.25. The van der Waals surface area contributed by atoms with Crippen molar-refractivity contribution in [3.05, 3.63) is 27.9 Å². The van der Waals surface area contributed by atoms with Gasteiger partial charge in [0.1, 0.15) is 5.82 Å². The molecule has 1 atom stereocenters. The average Bonchev–Trinajstić information content (AvgIpc) is 2.60. The molecule has 6 nitrogen and oxygen atoms in total. The summed E-state index contributed by atoms with van der Waals surface area (Å²) in [6.45, 7) is 6.46. The van der Waals surface area contributed by atoms with Crippen molar-refractivity contribution < 1.29 is 4.79 Å². The maximum absolute atomic E-state index is 12.7. The van der Waals surface area contributed by atoms with Gasteiger partial charge in [-0.3, -0.25) is 9.59 Å². The SMILES string of the molecule is Cc1nc([C@H]2CCCN(C(=O)CCN3CCCCCCC3)C2)cc(=O)[nH]1. The number of piperidine rings is 1. The van der Waals surface area contributed by atoms with Gasteiger partial charge < -0.3 is 14.8 Å². The first-order valence-electron chi connectivity index (χ1n) is 10.2. The Hall–Kier alpha value is -1.69. The summed E-state index contributed by atoms with van der Waals surface area (Å²) in [5, 5.41) is 0. The van der Waals surface area contributed by atoms with Crippen LogP contribution in [0.25, 0.3) is 0 Å². The summed E-state index contributed by atoms with van der Waals surface area (Å²) in [4.78, 5) is 36.1. The van der Waals surface area contributed by atoms with Crippen molar-refractivity contribution in [2.45, 2.75) is 64.2 Å². The first kappa shape index (κ1) is 19.1. The predicted molar refractivity (Wildman–Crippen MR) is 102 cm³/mol. The standard InChI is InChI=1S/C20H32N4O2/c1-16-21-18(14-19(25)22-16)17-8-7-12-24(15-17)20(26)9-13-23-10-5-3-2-4-6-11-23/h14,17H,2-13,15H2,1H3,(H,21,22,25)/t17-/m0/s1. The molecule has 2 aliphatic rings. The van der Waals surface area contributed by atoms with Crippen LogP contribution in [0, 0.1) is 6.92 Å².